The highest BCUT2D eigenvalue weighted by Crippen LogP contribution is 2.38. The number of halogens is 4. The SMILES string of the molecule is CCCC1CC(OC/C(C(=N)c2ccccc2OC(F)(F)F)=C(/O)C2CC2)CCN1c1ccc(C(C)=N)c(F)c1. The van der Waals surface area contributed by atoms with Gasteiger partial charge in [0, 0.05) is 46.6 Å². The van der Waals surface area contributed by atoms with Crippen LogP contribution >= 0.6 is 0 Å². The minimum absolute atomic E-state index is 0.0218. The maximum absolute atomic E-state index is 14.6. The average molecular weight is 562 g/mol. The molecule has 1 saturated carbocycles. The van der Waals surface area contributed by atoms with Gasteiger partial charge in [-0.3, -0.25) is 5.41 Å². The fourth-order valence-corrected chi connectivity index (χ4v) is 5.23. The summed E-state index contributed by atoms with van der Waals surface area (Å²) in [6, 6.07) is 10.4. The Morgan fingerprint density at radius 3 is 2.42 bits per heavy atom. The minimum atomic E-state index is -4.92. The molecule has 40 heavy (non-hydrogen) atoms. The van der Waals surface area contributed by atoms with Gasteiger partial charge in [0.05, 0.1) is 18.4 Å². The number of ether oxygens (including phenoxy) is 2. The topological polar surface area (TPSA) is 89.6 Å². The van der Waals surface area contributed by atoms with Gasteiger partial charge in [0.25, 0.3) is 0 Å². The summed E-state index contributed by atoms with van der Waals surface area (Å²) in [6.07, 6.45) is -0.634. The Kier molecular flexibility index (Phi) is 9.18. The first kappa shape index (κ1) is 29.6. The van der Waals surface area contributed by atoms with Crippen LogP contribution < -0.4 is 9.64 Å². The molecule has 216 valence electrons. The number of hydrogen-bond donors (Lipinski definition) is 3. The van der Waals surface area contributed by atoms with Gasteiger partial charge in [0.1, 0.15) is 17.3 Å². The fourth-order valence-electron chi connectivity index (χ4n) is 5.23. The number of benzene rings is 2. The number of allylic oxidation sites excluding steroid dienone is 1. The lowest BCUT2D eigenvalue weighted by molar-refractivity contribution is -0.274. The molecule has 6 nitrogen and oxygen atoms in total. The Bertz CT molecular complexity index is 1270. The van der Waals surface area contributed by atoms with Gasteiger partial charge in [-0.2, -0.15) is 0 Å². The molecule has 0 amide bonds. The van der Waals surface area contributed by atoms with E-state index in [2.05, 4.69) is 16.6 Å². The van der Waals surface area contributed by atoms with Gasteiger partial charge in [0.2, 0.25) is 0 Å². The van der Waals surface area contributed by atoms with Crippen LogP contribution in [0.1, 0.15) is 63.5 Å². The second kappa shape index (κ2) is 12.4. The second-order valence-electron chi connectivity index (χ2n) is 10.4. The monoisotopic (exact) mass is 561 g/mol. The molecular formula is C30H35F4N3O3. The molecular weight excluding hydrogens is 526 g/mol. The maximum Gasteiger partial charge on any atom is 0.573 e. The van der Waals surface area contributed by atoms with Crippen LogP contribution in [-0.4, -0.2) is 48.2 Å². The summed E-state index contributed by atoms with van der Waals surface area (Å²) in [5.41, 5.74) is 1.01. The van der Waals surface area contributed by atoms with Crippen LogP contribution in [0.15, 0.2) is 53.8 Å². The Labute approximate surface area is 231 Å². The van der Waals surface area contributed by atoms with Crippen molar-refractivity contribution in [3.8, 4) is 5.75 Å². The van der Waals surface area contributed by atoms with Crippen molar-refractivity contribution in [3.63, 3.8) is 0 Å². The van der Waals surface area contributed by atoms with E-state index in [1.807, 2.05) is 6.07 Å². The highest BCUT2D eigenvalue weighted by Gasteiger charge is 2.35. The number of rotatable bonds is 11. The zero-order valence-corrected chi connectivity index (χ0v) is 22.7. The lowest BCUT2D eigenvalue weighted by atomic mass is 9.94. The van der Waals surface area contributed by atoms with Crippen molar-refractivity contribution >= 4 is 17.1 Å². The zero-order chi connectivity index (χ0) is 29.0. The number of anilines is 1. The summed E-state index contributed by atoms with van der Waals surface area (Å²) in [7, 11) is 0. The molecule has 1 heterocycles. The summed E-state index contributed by atoms with van der Waals surface area (Å²) >= 11 is 0. The summed E-state index contributed by atoms with van der Waals surface area (Å²) in [5, 5.41) is 27.3. The number of hydrogen-bond acceptors (Lipinski definition) is 6. The molecule has 2 aromatic carbocycles. The Morgan fingerprint density at radius 1 is 1.07 bits per heavy atom. The second-order valence-corrected chi connectivity index (χ2v) is 10.4. The van der Waals surface area contributed by atoms with E-state index in [-0.39, 0.29) is 58.6 Å². The third-order valence-electron chi connectivity index (χ3n) is 7.40. The van der Waals surface area contributed by atoms with E-state index >= 15 is 0 Å². The van der Waals surface area contributed by atoms with Crippen LogP contribution in [0.25, 0.3) is 0 Å². The van der Waals surface area contributed by atoms with E-state index in [1.54, 1.807) is 13.0 Å². The van der Waals surface area contributed by atoms with Crippen LogP contribution in [0.5, 0.6) is 5.75 Å². The minimum Gasteiger partial charge on any atom is -0.512 e. The number of nitrogens with zero attached hydrogens (tertiary/aromatic N) is 1. The molecule has 2 fully saturated rings. The van der Waals surface area contributed by atoms with Crippen LogP contribution in [0, 0.1) is 22.6 Å². The van der Waals surface area contributed by atoms with Gasteiger partial charge >= 0.3 is 6.36 Å². The first-order chi connectivity index (χ1) is 19.0. The van der Waals surface area contributed by atoms with E-state index in [9.17, 15) is 22.7 Å². The van der Waals surface area contributed by atoms with E-state index in [0.717, 1.165) is 37.4 Å². The number of para-hydroxylation sites is 1. The summed E-state index contributed by atoms with van der Waals surface area (Å²) in [4.78, 5) is 2.15. The molecule has 10 heteroatoms. The number of alkyl halides is 3. The van der Waals surface area contributed by atoms with Crippen molar-refractivity contribution in [2.75, 3.05) is 18.1 Å². The molecule has 1 saturated heterocycles. The van der Waals surface area contributed by atoms with Gasteiger partial charge in [-0.25, -0.2) is 4.39 Å². The predicted molar refractivity (Wildman–Crippen MR) is 146 cm³/mol. The largest absolute Gasteiger partial charge is 0.573 e. The maximum atomic E-state index is 14.6. The summed E-state index contributed by atoms with van der Waals surface area (Å²) in [5.74, 6) is -1.09. The Hall–Kier alpha value is -3.40. The molecule has 3 N–H and O–H groups in total. The molecule has 2 aromatic rings. The highest BCUT2D eigenvalue weighted by atomic mass is 19.4. The summed E-state index contributed by atoms with van der Waals surface area (Å²) in [6.45, 7) is 4.10. The number of nitrogens with one attached hydrogen (secondary N) is 2. The Balaban J connectivity index is 1.50. The van der Waals surface area contributed by atoms with Gasteiger partial charge < -0.3 is 24.9 Å². The normalized spacial score (nSPS) is 20.2. The first-order valence-electron chi connectivity index (χ1n) is 13.6. The zero-order valence-electron chi connectivity index (χ0n) is 22.7. The number of piperidine rings is 1. The average Bonchev–Trinajstić information content (AvgIpc) is 3.74. The number of aliphatic hydroxyl groups excluding tert-OH is 1. The molecule has 1 aliphatic heterocycles. The third-order valence-corrected chi connectivity index (χ3v) is 7.40. The quantitative estimate of drug-likeness (QED) is 0.150. The van der Waals surface area contributed by atoms with Gasteiger partial charge in [-0.1, -0.05) is 25.5 Å². The highest BCUT2D eigenvalue weighted by molar-refractivity contribution is 6.12. The number of aliphatic hydroxyl groups is 1. The van der Waals surface area contributed by atoms with Crippen LogP contribution in [-0.2, 0) is 4.74 Å². The van der Waals surface area contributed by atoms with E-state index < -0.39 is 17.9 Å². The molecule has 2 aliphatic rings. The van der Waals surface area contributed by atoms with Crippen LogP contribution in [0.3, 0.4) is 0 Å². The van der Waals surface area contributed by atoms with Crippen molar-refractivity contribution < 1.29 is 32.1 Å². The van der Waals surface area contributed by atoms with Gasteiger partial charge in [-0.15, -0.1) is 13.2 Å². The molecule has 0 spiro atoms. The van der Waals surface area contributed by atoms with E-state index in [0.29, 0.717) is 19.4 Å². The first-order valence-corrected chi connectivity index (χ1v) is 13.6. The van der Waals surface area contributed by atoms with Crippen LogP contribution in [0.2, 0.25) is 0 Å². The van der Waals surface area contributed by atoms with Crippen molar-refractivity contribution in [1.29, 1.82) is 10.8 Å². The fraction of sp³-hybridized carbons (Fsp3) is 0.467. The lowest BCUT2D eigenvalue weighted by Crippen LogP contribution is -2.45. The van der Waals surface area contributed by atoms with Crippen molar-refractivity contribution in [1.82, 2.24) is 0 Å². The van der Waals surface area contributed by atoms with Crippen molar-refractivity contribution in [2.45, 2.75) is 70.9 Å². The lowest BCUT2D eigenvalue weighted by Gasteiger charge is -2.41. The smallest absolute Gasteiger partial charge is 0.512 e. The van der Waals surface area contributed by atoms with Crippen LogP contribution in [0.4, 0.5) is 23.2 Å². The molecule has 2 unspecified atom stereocenters. The Morgan fingerprint density at radius 2 is 1.80 bits per heavy atom. The van der Waals surface area contributed by atoms with E-state index in [4.69, 9.17) is 15.6 Å². The molecule has 0 bridgehead atoms. The molecule has 0 aromatic heterocycles. The van der Waals surface area contributed by atoms with E-state index in [1.165, 1.54) is 24.3 Å². The molecule has 2 atom stereocenters. The molecule has 1 aliphatic carbocycles. The predicted octanol–water partition coefficient (Wildman–Crippen LogP) is 7.56. The van der Waals surface area contributed by atoms with Crippen molar-refractivity contribution in [2.24, 2.45) is 5.92 Å². The van der Waals surface area contributed by atoms with Gasteiger partial charge in [-0.05, 0) is 69.4 Å². The molecule has 0 radical (unpaired) electrons. The standard InChI is InChI=1S/C30H35F4N3O3/c1-3-6-20-15-22(13-14-37(20)21-11-12-23(18(2)35)26(31)16-21)39-17-25(29(38)19-9-10-19)28(36)24-7-4-5-8-27(24)40-30(32,33)34/h4-5,7-8,11-12,16,19-20,22,35-36,38H,3,6,9-10,13-15,17H2,1-2H3/b29-25-,35-18?,36-28?. The van der Waals surface area contributed by atoms with Crippen molar-refractivity contribution in [3.05, 3.63) is 70.7 Å². The van der Waals surface area contributed by atoms with Gasteiger partial charge in [0.15, 0.2) is 0 Å². The third kappa shape index (κ3) is 7.21. The molecule has 4 rings (SSSR count). The summed E-state index contributed by atoms with van der Waals surface area (Å²) < 4.78 is 64.0.